The van der Waals surface area contributed by atoms with Gasteiger partial charge in [-0.2, -0.15) is 11.8 Å². The quantitative estimate of drug-likeness (QED) is 0.729. The Morgan fingerprint density at radius 3 is 2.80 bits per heavy atom. The number of hydrogen-bond donors (Lipinski definition) is 1. The average Bonchev–Trinajstić information content (AvgIpc) is 2.25. The van der Waals surface area contributed by atoms with E-state index in [1.54, 1.807) is 30.0 Å². The van der Waals surface area contributed by atoms with Crippen molar-refractivity contribution in [2.75, 3.05) is 24.7 Å². The van der Waals surface area contributed by atoms with Gasteiger partial charge in [-0.1, -0.05) is 12.1 Å². The largest absolute Gasteiger partial charge is 0.490 e. The molecule has 15 heavy (non-hydrogen) atoms. The maximum absolute atomic E-state index is 13.1. The number of para-hydroxylation sites is 1. The third-order valence-electron chi connectivity index (χ3n) is 1.77. The Hall–Kier alpha value is -0.740. The normalized spacial score (nSPS) is 10.3. The topological polar surface area (TPSA) is 29.5 Å². The SMILES string of the molecule is OCCCSCCOc1ccccc1F. The summed E-state index contributed by atoms with van der Waals surface area (Å²) in [6.07, 6.45) is 0.796. The standard InChI is InChI=1S/C11H15FO2S/c12-10-4-1-2-5-11(10)14-7-9-15-8-3-6-13/h1-2,4-5,13H,3,6-9H2. The maximum Gasteiger partial charge on any atom is 0.165 e. The van der Waals surface area contributed by atoms with E-state index in [2.05, 4.69) is 0 Å². The second kappa shape index (κ2) is 7.54. The molecule has 0 aliphatic heterocycles. The van der Waals surface area contributed by atoms with E-state index in [0.717, 1.165) is 17.9 Å². The van der Waals surface area contributed by atoms with Crippen molar-refractivity contribution in [2.45, 2.75) is 6.42 Å². The van der Waals surface area contributed by atoms with E-state index in [0.29, 0.717) is 12.4 Å². The summed E-state index contributed by atoms with van der Waals surface area (Å²) in [4.78, 5) is 0. The smallest absolute Gasteiger partial charge is 0.165 e. The predicted octanol–water partition coefficient (Wildman–Crippen LogP) is 2.32. The third-order valence-corrected chi connectivity index (χ3v) is 2.80. The molecule has 1 aromatic carbocycles. The molecular formula is C11H15FO2S. The molecule has 0 fully saturated rings. The number of halogens is 1. The average molecular weight is 230 g/mol. The summed E-state index contributed by atoms with van der Waals surface area (Å²) in [6, 6.07) is 6.39. The Morgan fingerprint density at radius 2 is 2.07 bits per heavy atom. The van der Waals surface area contributed by atoms with Gasteiger partial charge in [0, 0.05) is 12.4 Å². The minimum atomic E-state index is -0.321. The molecular weight excluding hydrogens is 215 g/mol. The number of aliphatic hydroxyl groups excluding tert-OH is 1. The van der Waals surface area contributed by atoms with Crippen LogP contribution in [0.4, 0.5) is 4.39 Å². The molecule has 0 aliphatic rings. The third kappa shape index (κ3) is 5.04. The number of ether oxygens (including phenoxy) is 1. The molecule has 0 saturated carbocycles. The zero-order valence-electron chi connectivity index (χ0n) is 8.49. The van der Waals surface area contributed by atoms with Crippen LogP contribution in [0.25, 0.3) is 0 Å². The molecule has 1 rings (SSSR count). The molecule has 84 valence electrons. The van der Waals surface area contributed by atoms with E-state index in [4.69, 9.17) is 9.84 Å². The van der Waals surface area contributed by atoms with Crippen LogP contribution in [0.3, 0.4) is 0 Å². The van der Waals surface area contributed by atoms with Gasteiger partial charge in [0.1, 0.15) is 0 Å². The summed E-state index contributed by atoms with van der Waals surface area (Å²) < 4.78 is 18.3. The van der Waals surface area contributed by atoms with Crippen molar-refractivity contribution in [1.82, 2.24) is 0 Å². The summed E-state index contributed by atoms with van der Waals surface area (Å²) in [5, 5.41) is 8.54. The second-order valence-corrected chi connectivity index (χ2v) is 4.19. The van der Waals surface area contributed by atoms with Crippen LogP contribution in [0.5, 0.6) is 5.75 Å². The van der Waals surface area contributed by atoms with Gasteiger partial charge >= 0.3 is 0 Å². The van der Waals surface area contributed by atoms with Gasteiger partial charge in [0.05, 0.1) is 6.61 Å². The first-order valence-electron chi connectivity index (χ1n) is 4.90. The van der Waals surface area contributed by atoms with Crippen LogP contribution in [-0.4, -0.2) is 29.8 Å². The molecule has 0 spiro atoms. The maximum atomic E-state index is 13.1. The van der Waals surface area contributed by atoms with Crippen molar-refractivity contribution in [1.29, 1.82) is 0 Å². The molecule has 0 unspecified atom stereocenters. The van der Waals surface area contributed by atoms with Crippen molar-refractivity contribution in [3.05, 3.63) is 30.1 Å². The lowest BCUT2D eigenvalue weighted by Crippen LogP contribution is -2.02. The van der Waals surface area contributed by atoms with Gasteiger partial charge in [-0.15, -0.1) is 0 Å². The van der Waals surface area contributed by atoms with Gasteiger partial charge in [-0.25, -0.2) is 4.39 Å². The van der Waals surface area contributed by atoms with Crippen LogP contribution >= 0.6 is 11.8 Å². The summed E-state index contributed by atoms with van der Waals surface area (Å²) in [7, 11) is 0. The Bertz CT molecular complexity index is 281. The van der Waals surface area contributed by atoms with E-state index in [-0.39, 0.29) is 12.4 Å². The highest BCUT2D eigenvalue weighted by Crippen LogP contribution is 2.15. The van der Waals surface area contributed by atoms with Gasteiger partial charge in [-0.05, 0) is 24.3 Å². The Labute approximate surface area is 93.5 Å². The molecule has 0 amide bonds. The number of hydrogen-bond acceptors (Lipinski definition) is 3. The first kappa shape index (κ1) is 12.3. The van der Waals surface area contributed by atoms with Crippen molar-refractivity contribution in [3.8, 4) is 5.75 Å². The van der Waals surface area contributed by atoms with Gasteiger partial charge in [0.2, 0.25) is 0 Å². The lowest BCUT2D eigenvalue weighted by molar-refractivity contribution is 0.296. The van der Waals surface area contributed by atoms with Crippen LogP contribution < -0.4 is 4.74 Å². The van der Waals surface area contributed by atoms with Crippen molar-refractivity contribution < 1.29 is 14.2 Å². The molecule has 4 heteroatoms. The van der Waals surface area contributed by atoms with Gasteiger partial charge in [0.25, 0.3) is 0 Å². The summed E-state index contributed by atoms with van der Waals surface area (Å²) in [6.45, 7) is 0.720. The van der Waals surface area contributed by atoms with Crippen molar-refractivity contribution >= 4 is 11.8 Å². The first-order chi connectivity index (χ1) is 7.34. The van der Waals surface area contributed by atoms with Crippen LogP contribution in [0.2, 0.25) is 0 Å². The summed E-state index contributed by atoms with van der Waals surface area (Å²) in [5.41, 5.74) is 0. The highest BCUT2D eigenvalue weighted by Gasteiger charge is 2.00. The van der Waals surface area contributed by atoms with Gasteiger partial charge in [0.15, 0.2) is 11.6 Å². The van der Waals surface area contributed by atoms with Crippen LogP contribution in [0.1, 0.15) is 6.42 Å². The Morgan fingerprint density at radius 1 is 1.27 bits per heavy atom. The van der Waals surface area contributed by atoms with E-state index in [1.807, 2.05) is 0 Å². The lowest BCUT2D eigenvalue weighted by Gasteiger charge is -2.06. The number of thioether (sulfide) groups is 1. The van der Waals surface area contributed by atoms with Crippen LogP contribution in [-0.2, 0) is 0 Å². The highest BCUT2D eigenvalue weighted by atomic mass is 32.2. The van der Waals surface area contributed by atoms with E-state index >= 15 is 0 Å². The van der Waals surface area contributed by atoms with Crippen molar-refractivity contribution in [2.24, 2.45) is 0 Å². The molecule has 1 aromatic rings. The minimum Gasteiger partial charge on any atom is -0.490 e. The van der Waals surface area contributed by atoms with Gasteiger partial charge in [-0.3, -0.25) is 0 Å². The van der Waals surface area contributed by atoms with Gasteiger partial charge < -0.3 is 9.84 Å². The number of aliphatic hydroxyl groups is 1. The van der Waals surface area contributed by atoms with Crippen molar-refractivity contribution in [3.63, 3.8) is 0 Å². The molecule has 0 heterocycles. The fourth-order valence-electron chi connectivity index (χ4n) is 1.04. The molecule has 0 radical (unpaired) electrons. The monoisotopic (exact) mass is 230 g/mol. The molecule has 0 atom stereocenters. The fraction of sp³-hybridized carbons (Fsp3) is 0.455. The fourth-order valence-corrected chi connectivity index (χ4v) is 1.78. The predicted molar refractivity (Wildman–Crippen MR) is 60.9 cm³/mol. The Balaban J connectivity index is 2.12. The Kier molecular flexibility index (Phi) is 6.20. The van der Waals surface area contributed by atoms with Crippen LogP contribution in [0, 0.1) is 5.82 Å². The zero-order valence-corrected chi connectivity index (χ0v) is 9.30. The van der Waals surface area contributed by atoms with Crippen LogP contribution in [0.15, 0.2) is 24.3 Å². The lowest BCUT2D eigenvalue weighted by atomic mass is 10.3. The number of rotatable bonds is 7. The molecule has 0 aliphatic carbocycles. The molecule has 0 aromatic heterocycles. The molecule has 0 bridgehead atoms. The minimum absolute atomic E-state index is 0.223. The molecule has 0 saturated heterocycles. The summed E-state index contributed by atoms with van der Waals surface area (Å²) in [5.74, 6) is 1.71. The summed E-state index contributed by atoms with van der Waals surface area (Å²) >= 11 is 1.70. The van der Waals surface area contributed by atoms with E-state index in [9.17, 15) is 4.39 Å². The number of benzene rings is 1. The van der Waals surface area contributed by atoms with E-state index < -0.39 is 0 Å². The molecule has 1 N–H and O–H groups in total. The first-order valence-corrected chi connectivity index (χ1v) is 6.06. The highest BCUT2D eigenvalue weighted by molar-refractivity contribution is 7.99. The molecule has 2 nitrogen and oxygen atoms in total. The zero-order chi connectivity index (χ0) is 10.9. The van der Waals surface area contributed by atoms with E-state index in [1.165, 1.54) is 6.07 Å². The second-order valence-electron chi connectivity index (χ2n) is 2.97.